The third-order valence-corrected chi connectivity index (χ3v) is 6.36. The molecule has 10 heteroatoms. The Morgan fingerprint density at radius 1 is 1.11 bits per heavy atom. The van der Waals surface area contributed by atoms with Crippen LogP contribution in [0.2, 0.25) is 10.0 Å². The lowest BCUT2D eigenvalue weighted by atomic mass is 10.1. The number of halogens is 2. The van der Waals surface area contributed by atoms with Crippen LogP contribution in [-0.2, 0) is 19.6 Å². The molecule has 1 amide bonds. The van der Waals surface area contributed by atoms with Crippen LogP contribution in [0.25, 0.3) is 0 Å². The molecule has 142 valence electrons. The van der Waals surface area contributed by atoms with Crippen molar-refractivity contribution in [2.24, 2.45) is 5.92 Å². The number of carbonyl (C=O) groups excluding carboxylic acids is 1. The molecule has 0 aliphatic carbocycles. The molecule has 0 bridgehead atoms. The van der Waals surface area contributed by atoms with Crippen molar-refractivity contribution in [1.82, 2.24) is 4.72 Å². The van der Waals surface area contributed by atoms with E-state index in [-0.39, 0.29) is 21.5 Å². The van der Waals surface area contributed by atoms with Crippen LogP contribution in [-0.4, -0.2) is 38.0 Å². The van der Waals surface area contributed by atoms with Gasteiger partial charge in [-0.15, -0.1) is 0 Å². The zero-order chi connectivity index (χ0) is 19.8. The Morgan fingerprint density at radius 2 is 1.78 bits per heavy atom. The number of rotatable bonds is 5. The van der Waals surface area contributed by atoms with Crippen LogP contribution in [0.4, 0.5) is 5.69 Å². The van der Waals surface area contributed by atoms with Gasteiger partial charge in [0.05, 0.1) is 20.9 Å². The van der Waals surface area contributed by atoms with Gasteiger partial charge >= 0.3 is 5.97 Å². The molecule has 1 fully saturated rings. The standard InChI is InChI=1S/C17H14Cl2N2O5S/c18-13-7-6-11(8-14(13)19)27(25,26)20-15-12(17(23)24)9-21(16(15)22)10-4-2-1-3-5-10/h1-8,12,15,20H,9H2,(H,23,24). The van der Waals surface area contributed by atoms with Crippen molar-refractivity contribution in [3.05, 3.63) is 58.6 Å². The van der Waals surface area contributed by atoms with Gasteiger partial charge in [-0.3, -0.25) is 9.59 Å². The predicted octanol–water partition coefficient (Wildman–Crippen LogP) is 2.39. The van der Waals surface area contributed by atoms with Gasteiger partial charge in [0, 0.05) is 12.2 Å². The molecule has 0 spiro atoms. The van der Waals surface area contributed by atoms with E-state index in [4.69, 9.17) is 23.2 Å². The summed E-state index contributed by atoms with van der Waals surface area (Å²) in [6.07, 6.45) is 0. The van der Waals surface area contributed by atoms with Gasteiger partial charge in [-0.1, -0.05) is 41.4 Å². The highest BCUT2D eigenvalue weighted by molar-refractivity contribution is 7.89. The fourth-order valence-electron chi connectivity index (χ4n) is 2.81. The first-order valence-corrected chi connectivity index (χ1v) is 10.0. The maximum atomic E-state index is 12.7. The number of amides is 1. The highest BCUT2D eigenvalue weighted by Crippen LogP contribution is 2.28. The Labute approximate surface area is 165 Å². The average molecular weight is 429 g/mol. The first kappa shape index (κ1) is 19.6. The minimum Gasteiger partial charge on any atom is -0.481 e. The van der Waals surface area contributed by atoms with Crippen LogP contribution in [0.3, 0.4) is 0 Å². The van der Waals surface area contributed by atoms with Crippen LogP contribution >= 0.6 is 23.2 Å². The van der Waals surface area contributed by atoms with Gasteiger partial charge in [-0.2, -0.15) is 4.72 Å². The summed E-state index contributed by atoms with van der Waals surface area (Å²) in [5.74, 6) is -3.16. The SMILES string of the molecule is O=C(O)C1CN(c2ccccc2)C(=O)C1NS(=O)(=O)c1ccc(Cl)c(Cl)c1. The lowest BCUT2D eigenvalue weighted by Crippen LogP contribution is -2.45. The van der Waals surface area contributed by atoms with E-state index in [1.165, 1.54) is 17.0 Å². The van der Waals surface area contributed by atoms with Crippen LogP contribution < -0.4 is 9.62 Å². The number of carboxylic acids is 1. The molecule has 1 saturated heterocycles. The van der Waals surface area contributed by atoms with Gasteiger partial charge < -0.3 is 10.0 Å². The summed E-state index contributed by atoms with van der Waals surface area (Å²) in [7, 11) is -4.19. The third-order valence-electron chi connectivity index (χ3n) is 4.18. The van der Waals surface area contributed by atoms with E-state index in [1.807, 2.05) is 0 Å². The zero-order valence-corrected chi connectivity index (χ0v) is 16.0. The number of sulfonamides is 1. The molecule has 2 unspecified atom stereocenters. The van der Waals surface area contributed by atoms with Gasteiger partial charge in [-0.25, -0.2) is 8.42 Å². The van der Waals surface area contributed by atoms with Crippen molar-refractivity contribution < 1.29 is 23.1 Å². The topological polar surface area (TPSA) is 104 Å². The Hall–Kier alpha value is -2.13. The van der Waals surface area contributed by atoms with Crippen molar-refractivity contribution in [2.45, 2.75) is 10.9 Å². The molecule has 0 aromatic heterocycles. The van der Waals surface area contributed by atoms with Crippen molar-refractivity contribution in [3.8, 4) is 0 Å². The predicted molar refractivity (Wildman–Crippen MR) is 100 cm³/mol. The molecule has 7 nitrogen and oxygen atoms in total. The highest BCUT2D eigenvalue weighted by atomic mass is 35.5. The summed E-state index contributed by atoms with van der Waals surface area (Å²) in [5, 5.41) is 9.66. The first-order valence-electron chi connectivity index (χ1n) is 7.77. The number of carbonyl (C=O) groups is 2. The molecule has 1 aliphatic heterocycles. The lowest BCUT2D eigenvalue weighted by Gasteiger charge is -2.17. The van der Waals surface area contributed by atoms with E-state index in [1.54, 1.807) is 30.3 Å². The number of anilines is 1. The fourth-order valence-corrected chi connectivity index (χ4v) is 4.42. The number of carboxylic acid groups (broad SMARTS) is 1. The molecule has 2 N–H and O–H groups in total. The minimum absolute atomic E-state index is 0.0259. The molecular weight excluding hydrogens is 415 g/mol. The van der Waals surface area contributed by atoms with Gasteiger partial charge in [0.2, 0.25) is 15.9 Å². The fraction of sp³-hybridized carbons (Fsp3) is 0.176. The average Bonchev–Trinajstić information content (AvgIpc) is 2.94. The summed E-state index contributed by atoms with van der Waals surface area (Å²) >= 11 is 11.6. The number of para-hydroxylation sites is 1. The Kier molecular flexibility index (Phi) is 5.43. The van der Waals surface area contributed by atoms with Crippen molar-refractivity contribution >= 4 is 50.8 Å². The second-order valence-corrected chi connectivity index (χ2v) is 8.43. The van der Waals surface area contributed by atoms with Crippen molar-refractivity contribution in [1.29, 1.82) is 0 Å². The third kappa shape index (κ3) is 3.93. The van der Waals surface area contributed by atoms with Crippen LogP contribution in [0.15, 0.2) is 53.4 Å². The van der Waals surface area contributed by atoms with Gasteiger partial charge in [-0.05, 0) is 30.3 Å². The molecule has 27 heavy (non-hydrogen) atoms. The van der Waals surface area contributed by atoms with E-state index in [9.17, 15) is 23.1 Å². The molecule has 2 aromatic rings. The zero-order valence-electron chi connectivity index (χ0n) is 13.7. The minimum atomic E-state index is -4.19. The molecule has 1 heterocycles. The van der Waals surface area contributed by atoms with E-state index in [0.29, 0.717) is 5.69 Å². The Bertz CT molecular complexity index is 998. The largest absolute Gasteiger partial charge is 0.481 e. The van der Waals surface area contributed by atoms with E-state index in [2.05, 4.69) is 4.72 Å². The maximum absolute atomic E-state index is 12.7. The Morgan fingerprint density at radius 3 is 2.37 bits per heavy atom. The lowest BCUT2D eigenvalue weighted by molar-refractivity contribution is -0.142. The highest BCUT2D eigenvalue weighted by Gasteiger charge is 2.47. The van der Waals surface area contributed by atoms with Gasteiger partial charge in [0.15, 0.2) is 0 Å². The number of hydrogen-bond donors (Lipinski definition) is 2. The summed E-state index contributed by atoms with van der Waals surface area (Å²) in [6, 6.07) is 10.7. The summed E-state index contributed by atoms with van der Waals surface area (Å²) in [6.45, 7) is -0.146. The number of benzene rings is 2. The second kappa shape index (κ2) is 7.47. The van der Waals surface area contributed by atoms with Gasteiger partial charge in [0.25, 0.3) is 0 Å². The Balaban J connectivity index is 1.92. The van der Waals surface area contributed by atoms with Crippen LogP contribution in [0, 0.1) is 5.92 Å². The number of nitrogens with one attached hydrogen (secondary N) is 1. The number of nitrogens with zero attached hydrogens (tertiary/aromatic N) is 1. The normalized spacial score (nSPS) is 20.1. The van der Waals surface area contributed by atoms with E-state index >= 15 is 0 Å². The molecule has 0 radical (unpaired) electrons. The van der Waals surface area contributed by atoms with Crippen molar-refractivity contribution in [2.75, 3.05) is 11.4 Å². The molecular formula is C17H14Cl2N2O5S. The van der Waals surface area contributed by atoms with E-state index < -0.39 is 33.9 Å². The quantitative estimate of drug-likeness (QED) is 0.760. The van der Waals surface area contributed by atoms with Gasteiger partial charge in [0.1, 0.15) is 6.04 Å². The summed E-state index contributed by atoms with van der Waals surface area (Å²) in [5.41, 5.74) is 0.491. The molecule has 2 atom stereocenters. The first-order chi connectivity index (χ1) is 12.7. The summed E-state index contributed by atoms with van der Waals surface area (Å²) < 4.78 is 27.5. The smallest absolute Gasteiger partial charge is 0.310 e. The van der Waals surface area contributed by atoms with Crippen LogP contribution in [0.1, 0.15) is 0 Å². The molecule has 0 saturated carbocycles. The van der Waals surface area contributed by atoms with Crippen LogP contribution in [0.5, 0.6) is 0 Å². The number of aliphatic carboxylic acids is 1. The monoisotopic (exact) mass is 428 g/mol. The molecule has 2 aromatic carbocycles. The number of hydrogen-bond acceptors (Lipinski definition) is 4. The van der Waals surface area contributed by atoms with E-state index in [0.717, 1.165) is 6.07 Å². The van der Waals surface area contributed by atoms with Crippen molar-refractivity contribution in [3.63, 3.8) is 0 Å². The molecule has 1 aliphatic rings. The molecule has 3 rings (SSSR count). The maximum Gasteiger partial charge on any atom is 0.310 e. The second-order valence-electron chi connectivity index (χ2n) is 5.90. The summed E-state index contributed by atoms with van der Waals surface area (Å²) in [4.78, 5) is 25.4.